The van der Waals surface area contributed by atoms with Gasteiger partial charge in [-0.05, 0) is 36.1 Å². The van der Waals surface area contributed by atoms with Crippen molar-refractivity contribution < 1.29 is 19.4 Å². The van der Waals surface area contributed by atoms with Crippen molar-refractivity contribution >= 4 is 23.6 Å². The topological polar surface area (TPSA) is 66.8 Å². The van der Waals surface area contributed by atoms with Gasteiger partial charge in [0.05, 0.1) is 6.42 Å². The van der Waals surface area contributed by atoms with Crippen LogP contribution in [0, 0.1) is 0 Å². The summed E-state index contributed by atoms with van der Waals surface area (Å²) in [5.41, 5.74) is 2.32. The number of carbonyl (C=O) groups is 2. The summed E-state index contributed by atoms with van der Waals surface area (Å²) in [4.78, 5) is 26.1. The Bertz CT molecular complexity index is 600. The van der Waals surface area contributed by atoms with Crippen LogP contribution in [0.2, 0.25) is 0 Å². The number of hydrogen-bond acceptors (Lipinski definition) is 4. The van der Waals surface area contributed by atoms with E-state index >= 15 is 0 Å². The van der Waals surface area contributed by atoms with E-state index in [1.807, 2.05) is 18.2 Å². The average Bonchev–Trinajstić information content (AvgIpc) is 2.62. The molecule has 2 aliphatic rings. The maximum Gasteiger partial charge on any atom is 0.305 e. The first-order valence-corrected chi connectivity index (χ1v) is 9.51. The Balaban J connectivity index is 1.81. The van der Waals surface area contributed by atoms with Crippen molar-refractivity contribution in [3.05, 3.63) is 35.4 Å². The first-order chi connectivity index (χ1) is 11.7. The number of aryl methyl sites for hydroxylation is 1. The molecule has 1 N–H and O–H groups in total. The molecular formula is C18H23NO4S. The fraction of sp³-hybridized carbons (Fsp3) is 0.556. The monoisotopic (exact) mass is 349 g/mol. The van der Waals surface area contributed by atoms with E-state index in [0.717, 1.165) is 30.6 Å². The van der Waals surface area contributed by atoms with E-state index in [1.54, 1.807) is 16.7 Å². The molecule has 0 saturated carbocycles. The molecule has 0 aromatic heterocycles. The van der Waals surface area contributed by atoms with Gasteiger partial charge in [0, 0.05) is 25.8 Å². The molecule has 6 heteroatoms. The Hall–Kier alpha value is -1.53. The lowest BCUT2D eigenvalue weighted by molar-refractivity contribution is -0.140. The second kappa shape index (κ2) is 8.03. The number of aliphatic carboxylic acids is 1. The molecule has 1 aromatic rings. The summed E-state index contributed by atoms with van der Waals surface area (Å²) < 4.78 is 5.40. The fourth-order valence-corrected chi connectivity index (χ4v) is 4.70. The maximum atomic E-state index is 13.2. The summed E-state index contributed by atoms with van der Waals surface area (Å²) in [6, 6.07) is 8.19. The normalized spacial score (nSPS) is 21.1. The van der Waals surface area contributed by atoms with Crippen LogP contribution >= 0.6 is 11.8 Å². The van der Waals surface area contributed by atoms with E-state index in [2.05, 4.69) is 6.07 Å². The van der Waals surface area contributed by atoms with Gasteiger partial charge in [0.25, 0.3) is 0 Å². The number of fused-ring (bicyclic) bond motifs is 1. The number of thioether (sulfide) groups is 1. The quantitative estimate of drug-likeness (QED) is 0.885. The number of hydrogen-bond donors (Lipinski definition) is 1. The second-order valence-corrected chi connectivity index (χ2v) is 7.43. The molecule has 0 spiro atoms. The molecule has 3 rings (SSSR count). The van der Waals surface area contributed by atoms with Gasteiger partial charge in [0.15, 0.2) is 0 Å². The molecule has 1 saturated heterocycles. The van der Waals surface area contributed by atoms with Crippen LogP contribution in [0.3, 0.4) is 0 Å². The summed E-state index contributed by atoms with van der Waals surface area (Å²) in [6.07, 6.45) is 2.54. The molecule has 0 radical (unpaired) electrons. The molecule has 0 bridgehead atoms. The lowest BCUT2D eigenvalue weighted by Gasteiger charge is -2.37. The minimum atomic E-state index is -0.864. The summed E-state index contributed by atoms with van der Waals surface area (Å²) in [7, 11) is 0. The van der Waals surface area contributed by atoms with E-state index in [4.69, 9.17) is 9.84 Å². The van der Waals surface area contributed by atoms with Gasteiger partial charge >= 0.3 is 5.97 Å². The zero-order chi connectivity index (χ0) is 16.9. The van der Waals surface area contributed by atoms with Crippen LogP contribution in [0.15, 0.2) is 24.3 Å². The van der Waals surface area contributed by atoms with Gasteiger partial charge in [-0.3, -0.25) is 9.59 Å². The average molecular weight is 349 g/mol. The largest absolute Gasteiger partial charge is 0.481 e. The predicted molar refractivity (Wildman–Crippen MR) is 93.2 cm³/mol. The van der Waals surface area contributed by atoms with Crippen LogP contribution in [0.5, 0.6) is 0 Å². The smallest absolute Gasteiger partial charge is 0.305 e. The van der Waals surface area contributed by atoms with Crippen LogP contribution < -0.4 is 0 Å². The number of carboxylic acids is 1. The van der Waals surface area contributed by atoms with Crippen molar-refractivity contribution in [3.63, 3.8) is 0 Å². The van der Waals surface area contributed by atoms with Crippen LogP contribution in [0.4, 0.5) is 0 Å². The molecule has 5 nitrogen and oxygen atoms in total. The molecule has 1 atom stereocenters. The number of carbonyl (C=O) groups excluding carboxylic acids is 1. The number of amides is 1. The lowest BCUT2D eigenvalue weighted by Crippen LogP contribution is -2.46. The van der Waals surface area contributed by atoms with Gasteiger partial charge in [0.1, 0.15) is 5.25 Å². The molecule has 130 valence electrons. The van der Waals surface area contributed by atoms with Gasteiger partial charge in [-0.15, -0.1) is 11.8 Å². The van der Waals surface area contributed by atoms with Crippen molar-refractivity contribution in [1.29, 1.82) is 0 Å². The van der Waals surface area contributed by atoms with Gasteiger partial charge in [0.2, 0.25) is 5.91 Å². The molecule has 2 aliphatic heterocycles. The Labute approximate surface area is 146 Å². The third-order valence-corrected chi connectivity index (χ3v) is 5.93. The second-order valence-electron chi connectivity index (χ2n) is 6.22. The summed E-state index contributed by atoms with van der Waals surface area (Å²) in [5.74, 6) is 0.116. The van der Waals surface area contributed by atoms with Crippen LogP contribution in [-0.4, -0.2) is 53.4 Å². The van der Waals surface area contributed by atoms with Crippen LogP contribution in [-0.2, 0) is 20.7 Å². The first-order valence-electron chi connectivity index (χ1n) is 8.46. The molecule has 2 heterocycles. The molecule has 24 heavy (non-hydrogen) atoms. The highest BCUT2D eigenvalue weighted by Gasteiger charge is 2.34. The third kappa shape index (κ3) is 3.92. The van der Waals surface area contributed by atoms with Gasteiger partial charge in [-0.2, -0.15) is 0 Å². The summed E-state index contributed by atoms with van der Waals surface area (Å²) in [6.45, 7) is 1.55. The maximum absolute atomic E-state index is 13.2. The summed E-state index contributed by atoms with van der Waals surface area (Å²) >= 11 is 1.67. The van der Waals surface area contributed by atoms with Crippen molar-refractivity contribution in [2.24, 2.45) is 0 Å². The fourth-order valence-electron chi connectivity index (χ4n) is 3.43. The van der Waals surface area contributed by atoms with Crippen molar-refractivity contribution in [1.82, 2.24) is 4.90 Å². The Kier molecular flexibility index (Phi) is 5.79. The SMILES string of the molecule is O=C(O)CCN(C(=O)[C@H]1SCCc2ccccc21)C1CCOCC1. The van der Waals surface area contributed by atoms with Gasteiger partial charge in [-0.25, -0.2) is 0 Å². The molecular weight excluding hydrogens is 326 g/mol. The summed E-state index contributed by atoms with van der Waals surface area (Å²) in [5, 5.41) is 8.83. The Morgan fingerprint density at radius 3 is 2.75 bits per heavy atom. The number of ether oxygens (including phenoxy) is 1. The van der Waals surface area contributed by atoms with E-state index in [9.17, 15) is 9.59 Å². The van der Waals surface area contributed by atoms with E-state index in [1.165, 1.54) is 5.56 Å². The highest BCUT2D eigenvalue weighted by Crippen LogP contribution is 2.38. The van der Waals surface area contributed by atoms with Crippen LogP contribution in [0.25, 0.3) is 0 Å². The van der Waals surface area contributed by atoms with E-state index in [-0.39, 0.29) is 30.2 Å². The van der Waals surface area contributed by atoms with Crippen molar-refractivity contribution in [2.45, 2.75) is 37.0 Å². The van der Waals surface area contributed by atoms with E-state index in [0.29, 0.717) is 13.2 Å². The number of rotatable bonds is 5. The third-order valence-electron chi connectivity index (χ3n) is 4.70. The number of benzene rings is 1. The zero-order valence-corrected chi connectivity index (χ0v) is 14.5. The highest BCUT2D eigenvalue weighted by molar-refractivity contribution is 8.00. The standard InChI is InChI=1S/C18H23NO4S/c20-16(21)5-9-19(14-6-10-23-11-7-14)18(22)17-15-4-2-1-3-13(15)8-12-24-17/h1-4,14,17H,5-12H2,(H,20,21)/t17-/m0/s1. The Morgan fingerprint density at radius 1 is 1.25 bits per heavy atom. The molecule has 1 amide bonds. The molecule has 0 unspecified atom stereocenters. The minimum absolute atomic E-state index is 0.0118. The highest BCUT2D eigenvalue weighted by atomic mass is 32.2. The zero-order valence-electron chi connectivity index (χ0n) is 13.6. The van der Waals surface area contributed by atoms with Gasteiger partial charge in [-0.1, -0.05) is 24.3 Å². The first kappa shape index (κ1) is 17.3. The number of nitrogens with zero attached hydrogens (tertiary/aromatic N) is 1. The van der Waals surface area contributed by atoms with Crippen LogP contribution in [0.1, 0.15) is 35.6 Å². The minimum Gasteiger partial charge on any atom is -0.481 e. The molecule has 0 aliphatic carbocycles. The Morgan fingerprint density at radius 2 is 2.00 bits per heavy atom. The lowest BCUT2D eigenvalue weighted by atomic mass is 9.99. The van der Waals surface area contributed by atoms with Crippen molar-refractivity contribution in [3.8, 4) is 0 Å². The molecule has 1 aromatic carbocycles. The van der Waals surface area contributed by atoms with E-state index < -0.39 is 5.97 Å². The van der Waals surface area contributed by atoms with Gasteiger partial charge < -0.3 is 14.7 Å². The van der Waals surface area contributed by atoms with Crippen molar-refractivity contribution in [2.75, 3.05) is 25.5 Å². The predicted octanol–water partition coefficient (Wildman–Crippen LogP) is 2.50. The number of carboxylic acid groups (broad SMARTS) is 1. The molecule has 1 fully saturated rings.